The number of benzene rings is 1. The number of amides is 2. The summed E-state index contributed by atoms with van der Waals surface area (Å²) in [6.07, 6.45) is 4.34. The fourth-order valence-electron chi connectivity index (χ4n) is 2.16. The van der Waals surface area contributed by atoms with Crippen molar-refractivity contribution in [1.82, 2.24) is 5.32 Å². The molecule has 1 rings (SSSR count). The number of thiol groups is 1. The van der Waals surface area contributed by atoms with Crippen molar-refractivity contribution in [1.29, 1.82) is 0 Å². The third kappa shape index (κ3) is 7.55. The molecule has 0 aliphatic heterocycles. The molecule has 0 aliphatic rings. The monoisotopic (exact) mass is 336 g/mol. The molecule has 0 spiro atoms. The van der Waals surface area contributed by atoms with Crippen molar-refractivity contribution in [2.24, 2.45) is 5.92 Å². The summed E-state index contributed by atoms with van der Waals surface area (Å²) in [7, 11) is 0. The van der Waals surface area contributed by atoms with E-state index in [1.165, 1.54) is 0 Å². The summed E-state index contributed by atoms with van der Waals surface area (Å²) in [6.45, 7) is 3.85. The van der Waals surface area contributed by atoms with Gasteiger partial charge < -0.3 is 10.6 Å². The van der Waals surface area contributed by atoms with Crippen LogP contribution in [0.25, 0.3) is 0 Å². The fourth-order valence-corrected chi connectivity index (χ4v) is 2.38. The summed E-state index contributed by atoms with van der Waals surface area (Å²) < 4.78 is 0. The Bertz CT molecular complexity index is 479. The maximum absolute atomic E-state index is 12.5. The van der Waals surface area contributed by atoms with Crippen molar-refractivity contribution in [2.45, 2.75) is 52.0 Å². The van der Waals surface area contributed by atoms with Gasteiger partial charge in [-0.25, -0.2) is 0 Å². The topological polar surface area (TPSA) is 58.2 Å². The Morgan fingerprint density at radius 2 is 1.78 bits per heavy atom. The van der Waals surface area contributed by atoms with Crippen molar-refractivity contribution in [3.8, 4) is 0 Å². The van der Waals surface area contributed by atoms with Gasteiger partial charge in [-0.3, -0.25) is 9.59 Å². The van der Waals surface area contributed by atoms with E-state index in [0.29, 0.717) is 6.42 Å². The van der Waals surface area contributed by atoms with Gasteiger partial charge in [-0.05, 0) is 37.1 Å². The summed E-state index contributed by atoms with van der Waals surface area (Å²) in [6, 6.07) is 8.83. The van der Waals surface area contributed by atoms with Gasteiger partial charge in [0, 0.05) is 11.6 Å². The molecular weight excluding hydrogens is 308 g/mol. The Morgan fingerprint density at radius 1 is 1.09 bits per heavy atom. The zero-order valence-electron chi connectivity index (χ0n) is 14.0. The summed E-state index contributed by atoms with van der Waals surface area (Å²) in [4.78, 5) is 24.6. The van der Waals surface area contributed by atoms with Gasteiger partial charge >= 0.3 is 0 Å². The van der Waals surface area contributed by atoms with Gasteiger partial charge in [0.25, 0.3) is 0 Å². The molecule has 0 saturated heterocycles. The summed E-state index contributed by atoms with van der Waals surface area (Å²) in [5.41, 5.74) is 0.746. The van der Waals surface area contributed by atoms with Crippen LogP contribution in [0.2, 0.25) is 0 Å². The smallest absolute Gasteiger partial charge is 0.246 e. The lowest BCUT2D eigenvalue weighted by Gasteiger charge is -2.20. The highest BCUT2D eigenvalue weighted by molar-refractivity contribution is 7.80. The number of rotatable bonds is 10. The molecule has 4 nitrogen and oxygen atoms in total. The van der Waals surface area contributed by atoms with E-state index in [2.05, 4.69) is 23.3 Å². The SMILES string of the molecule is CCC(C)C(=O)N[C@@H](CCCCCS)C(=O)Nc1ccccc1. The third-order valence-corrected chi connectivity index (χ3v) is 4.20. The molecular formula is C18H28N2O2S. The number of carbonyl (C=O) groups excluding carboxylic acids is 2. The summed E-state index contributed by atoms with van der Waals surface area (Å²) in [5.74, 6) is 0.549. The Morgan fingerprint density at radius 3 is 2.39 bits per heavy atom. The zero-order valence-corrected chi connectivity index (χ0v) is 14.9. The molecule has 1 aromatic carbocycles. The Kier molecular flexibility index (Phi) is 9.45. The van der Waals surface area contributed by atoms with Crippen LogP contribution in [0, 0.1) is 5.92 Å². The van der Waals surface area contributed by atoms with Crippen LogP contribution >= 0.6 is 12.6 Å². The summed E-state index contributed by atoms with van der Waals surface area (Å²) >= 11 is 4.20. The average molecular weight is 337 g/mol. The molecule has 0 fully saturated rings. The van der Waals surface area contributed by atoms with E-state index in [9.17, 15) is 9.59 Å². The van der Waals surface area contributed by atoms with Crippen LogP contribution in [0.4, 0.5) is 5.69 Å². The number of para-hydroxylation sites is 1. The lowest BCUT2D eigenvalue weighted by Crippen LogP contribution is -2.45. The van der Waals surface area contributed by atoms with Crippen LogP contribution in [0.5, 0.6) is 0 Å². The van der Waals surface area contributed by atoms with Gasteiger partial charge in [-0.1, -0.05) is 44.9 Å². The average Bonchev–Trinajstić information content (AvgIpc) is 2.57. The van der Waals surface area contributed by atoms with E-state index in [0.717, 1.165) is 37.1 Å². The van der Waals surface area contributed by atoms with E-state index >= 15 is 0 Å². The highest BCUT2D eigenvalue weighted by Crippen LogP contribution is 2.11. The molecule has 1 unspecified atom stereocenters. The molecule has 0 bridgehead atoms. The van der Waals surface area contributed by atoms with Gasteiger partial charge in [-0.2, -0.15) is 12.6 Å². The van der Waals surface area contributed by atoms with Crippen molar-refractivity contribution in [3.05, 3.63) is 30.3 Å². The van der Waals surface area contributed by atoms with Gasteiger partial charge in [0.15, 0.2) is 0 Å². The molecule has 2 N–H and O–H groups in total. The molecule has 0 radical (unpaired) electrons. The lowest BCUT2D eigenvalue weighted by atomic mass is 10.0. The molecule has 2 amide bonds. The molecule has 23 heavy (non-hydrogen) atoms. The standard InChI is InChI=1S/C18H28N2O2S/c1-3-14(2)17(21)20-16(12-8-5-9-13-23)18(22)19-15-10-6-4-7-11-15/h4,6-7,10-11,14,16,23H,3,5,8-9,12-13H2,1-2H3,(H,19,22)(H,20,21)/t14?,16-/m0/s1. The minimum Gasteiger partial charge on any atom is -0.344 e. The predicted molar refractivity (Wildman–Crippen MR) is 98.8 cm³/mol. The largest absolute Gasteiger partial charge is 0.344 e. The van der Waals surface area contributed by atoms with E-state index in [1.807, 2.05) is 44.2 Å². The van der Waals surface area contributed by atoms with Crippen LogP contribution in [0.3, 0.4) is 0 Å². The summed E-state index contributed by atoms with van der Waals surface area (Å²) in [5, 5.41) is 5.77. The van der Waals surface area contributed by atoms with Crippen LogP contribution in [0.1, 0.15) is 46.0 Å². The number of unbranched alkanes of at least 4 members (excludes halogenated alkanes) is 2. The van der Waals surface area contributed by atoms with Crippen molar-refractivity contribution >= 4 is 30.1 Å². The van der Waals surface area contributed by atoms with E-state index < -0.39 is 6.04 Å². The third-order valence-electron chi connectivity index (χ3n) is 3.89. The number of anilines is 1. The highest BCUT2D eigenvalue weighted by Gasteiger charge is 2.22. The van der Waals surface area contributed by atoms with E-state index in [1.54, 1.807) is 0 Å². The Labute approximate surface area is 144 Å². The number of hydrogen-bond donors (Lipinski definition) is 3. The predicted octanol–water partition coefficient (Wildman–Crippen LogP) is 3.65. The second kappa shape index (κ2) is 11.1. The quantitative estimate of drug-likeness (QED) is 0.451. The van der Waals surface area contributed by atoms with E-state index in [-0.39, 0.29) is 17.7 Å². The number of carbonyl (C=O) groups is 2. The normalized spacial score (nSPS) is 13.2. The second-order valence-electron chi connectivity index (χ2n) is 5.80. The van der Waals surface area contributed by atoms with Gasteiger partial charge in [0.1, 0.15) is 6.04 Å². The maximum Gasteiger partial charge on any atom is 0.246 e. The van der Waals surface area contributed by atoms with Crippen LogP contribution in [-0.4, -0.2) is 23.6 Å². The second-order valence-corrected chi connectivity index (χ2v) is 6.25. The van der Waals surface area contributed by atoms with Crippen LogP contribution in [-0.2, 0) is 9.59 Å². The zero-order chi connectivity index (χ0) is 17.1. The molecule has 128 valence electrons. The first kappa shape index (κ1) is 19.6. The molecule has 0 aromatic heterocycles. The van der Waals surface area contributed by atoms with Gasteiger partial charge in [0.2, 0.25) is 11.8 Å². The number of hydrogen-bond acceptors (Lipinski definition) is 3. The fraction of sp³-hybridized carbons (Fsp3) is 0.556. The van der Waals surface area contributed by atoms with Gasteiger partial charge in [-0.15, -0.1) is 0 Å². The lowest BCUT2D eigenvalue weighted by molar-refractivity contribution is -0.129. The molecule has 0 aliphatic carbocycles. The van der Waals surface area contributed by atoms with Crippen LogP contribution in [0.15, 0.2) is 30.3 Å². The molecule has 0 saturated carbocycles. The van der Waals surface area contributed by atoms with Crippen molar-refractivity contribution in [2.75, 3.05) is 11.1 Å². The maximum atomic E-state index is 12.5. The van der Waals surface area contributed by atoms with Crippen molar-refractivity contribution in [3.63, 3.8) is 0 Å². The molecule has 2 atom stereocenters. The minimum atomic E-state index is -0.489. The number of nitrogens with one attached hydrogen (secondary N) is 2. The van der Waals surface area contributed by atoms with Gasteiger partial charge in [0.05, 0.1) is 0 Å². The van der Waals surface area contributed by atoms with E-state index in [4.69, 9.17) is 0 Å². The van der Waals surface area contributed by atoms with Crippen LogP contribution < -0.4 is 10.6 Å². The molecule has 1 aromatic rings. The first-order chi connectivity index (χ1) is 11.1. The van der Waals surface area contributed by atoms with Crippen molar-refractivity contribution < 1.29 is 9.59 Å². The first-order valence-corrected chi connectivity index (χ1v) is 8.98. The molecule has 5 heteroatoms. The Balaban J connectivity index is 2.64. The molecule has 0 heterocycles. The minimum absolute atomic E-state index is 0.0603. The first-order valence-electron chi connectivity index (χ1n) is 8.35. The highest BCUT2D eigenvalue weighted by atomic mass is 32.1. The Hall–Kier alpha value is -1.49.